The largest absolute Gasteiger partial charge is 0.472 e. The van der Waals surface area contributed by atoms with E-state index in [4.69, 9.17) is 37.0 Å². The molecular weight excluding hydrogens is 1140 g/mol. The molecule has 0 spiro atoms. The summed E-state index contributed by atoms with van der Waals surface area (Å²) < 4.78 is 68.0. The molecule has 0 fully saturated rings. The van der Waals surface area contributed by atoms with Gasteiger partial charge in [0.2, 0.25) is 0 Å². The van der Waals surface area contributed by atoms with Gasteiger partial charge in [0.05, 0.1) is 26.4 Å². The van der Waals surface area contributed by atoms with Gasteiger partial charge in [-0.3, -0.25) is 37.3 Å². The highest BCUT2D eigenvalue weighted by Gasteiger charge is 2.30. The third kappa shape index (κ3) is 60.5. The van der Waals surface area contributed by atoms with Crippen molar-refractivity contribution in [3.05, 3.63) is 24.3 Å². The van der Waals surface area contributed by atoms with Crippen molar-refractivity contribution in [1.29, 1.82) is 0 Å². The molecule has 0 aromatic heterocycles. The maximum absolute atomic E-state index is 13.0. The summed E-state index contributed by atoms with van der Waals surface area (Å²) in [5.74, 6) is -1.45. The van der Waals surface area contributed by atoms with Crippen molar-refractivity contribution in [2.45, 2.75) is 335 Å². The molecule has 0 saturated carbocycles. The molecular formula is C67H126O17P2. The topological polar surface area (TPSA) is 237 Å². The van der Waals surface area contributed by atoms with Crippen LogP contribution in [0.25, 0.3) is 0 Å². The van der Waals surface area contributed by atoms with Crippen molar-refractivity contribution in [2.24, 2.45) is 5.92 Å². The molecule has 19 heteroatoms. The van der Waals surface area contributed by atoms with Gasteiger partial charge < -0.3 is 33.8 Å². The predicted molar refractivity (Wildman–Crippen MR) is 344 cm³/mol. The van der Waals surface area contributed by atoms with Crippen LogP contribution in [0, 0.1) is 5.92 Å². The van der Waals surface area contributed by atoms with E-state index in [1.54, 1.807) is 0 Å². The van der Waals surface area contributed by atoms with E-state index < -0.39 is 97.5 Å². The minimum absolute atomic E-state index is 0.0853. The molecule has 0 aromatic carbocycles. The molecule has 0 aliphatic carbocycles. The van der Waals surface area contributed by atoms with Crippen LogP contribution in [0.3, 0.4) is 0 Å². The van der Waals surface area contributed by atoms with E-state index in [-0.39, 0.29) is 25.7 Å². The maximum atomic E-state index is 13.0. The fourth-order valence-electron chi connectivity index (χ4n) is 9.57. The predicted octanol–water partition coefficient (Wildman–Crippen LogP) is 18.5. The third-order valence-electron chi connectivity index (χ3n) is 14.9. The van der Waals surface area contributed by atoms with E-state index in [1.807, 2.05) is 0 Å². The SMILES string of the molecule is CCCCCC/C=C\C=C/CCCCCCCC(=O)O[C@H](COC(=O)CCCCCCCCCCCCCCC)COP(=O)(O)OC[C@@H](O)COP(=O)(O)OC[C@@H](COC(=O)CCCCCCCCC)OC(=O)CCCCCCCCCCC(C)C. The number of ether oxygens (including phenoxy) is 4. The van der Waals surface area contributed by atoms with Gasteiger partial charge in [-0.2, -0.15) is 0 Å². The number of allylic oxidation sites excluding steroid dienone is 4. The van der Waals surface area contributed by atoms with Gasteiger partial charge in [-0.05, 0) is 57.3 Å². The standard InChI is InChI=1S/C67H126O17P2/c1-6-9-12-15-18-20-22-24-25-27-29-31-37-42-47-52-66(71)83-63(57-78-65(70)51-46-41-36-30-28-26-23-21-19-16-13-10-7-2)59-82-86(75,76)80-55-61(68)54-79-85(73,74)81-58-62(56-77-64(69)50-45-40-34-17-14-11-8-3)84-67(72)53-48-43-38-33-32-35-39-44-49-60(4)5/h20,22,24-25,60-63,68H,6-19,21,23,26-59H2,1-5H3,(H,73,74)(H,75,76)/b22-20-,25-24-/t61-,62+,63+/m0/s1. The van der Waals surface area contributed by atoms with Crippen LogP contribution in [0.15, 0.2) is 24.3 Å². The van der Waals surface area contributed by atoms with Gasteiger partial charge in [-0.25, -0.2) is 9.13 Å². The van der Waals surface area contributed by atoms with Crippen LogP contribution in [0.1, 0.15) is 317 Å². The van der Waals surface area contributed by atoms with Gasteiger partial charge in [0.25, 0.3) is 0 Å². The number of phosphoric acid groups is 2. The van der Waals surface area contributed by atoms with Crippen molar-refractivity contribution in [1.82, 2.24) is 0 Å². The Morgan fingerprint density at radius 1 is 0.360 bits per heavy atom. The van der Waals surface area contributed by atoms with Gasteiger partial charge in [0, 0.05) is 25.7 Å². The first kappa shape index (κ1) is 83.5. The first-order valence-corrected chi connectivity index (χ1v) is 37.4. The van der Waals surface area contributed by atoms with E-state index in [0.717, 1.165) is 121 Å². The zero-order valence-electron chi connectivity index (χ0n) is 54.9. The Morgan fingerprint density at radius 2 is 0.628 bits per heavy atom. The number of aliphatic hydroxyl groups excluding tert-OH is 1. The fraction of sp³-hybridized carbons (Fsp3) is 0.881. The van der Waals surface area contributed by atoms with Gasteiger partial charge in [0.1, 0.15) is 19.3 Å². The Kier molecular flexibility index (Phi) is 58.4. The average molecular weight is 1270 g/mol. The molecule has 86 heavy (non-hydrogen) atoms. The van der Waals surface area contributed by atoms with Crippen molar-refractivity contribution in [3.8, 4) is 0 Å². The molecule has 506 valence electrons. The number of esters is 4. The highest BCUT2D eigenvalue weighted by Crippen LogP contribution is 2.45. The lowest BCUT2D eigenvalue weighted by Gasteiger charge is -2.21. The van der Waals surface area contributed by atoms with Crippen molar-refractivity contribution in [3.63, 3.8) is 0 Å². The van der Waals surface area contributed by atoms with Gasteiger partial charge in [0.15, 0.2) is 12.2 Å². The number of hydrogen-bond acceptors (Lipinski definition) is 15. The second-order valence-corrected chi connectivity index (χ2v) is 26.9. The molecule has 0 rings (SSSR count). The molecule has 0 bridgehead atoms. The highest BCUT2D eigenvalue weighted by atomic mass is 31.2. The minimum atomic E-state index is -4.96. The van der Waals surface area contributed by atoms with Crippen LogP contribution < -0.4 is 0 Å². The molecule has 2 unspecified atom stereocenters. The Morgan fingerprint density at radius 3 is 0.953 bits per heavy atom. The molecule has 0 heterocycles. The molecule has 0 aliphatic heterocycles. The zero-order valence-corrected chi connectivity index (χ0v) is 56.7. The molecule has 0 aliphatic rings. The highest BCUT2D eigenvalue weighted by molar-refractivity contribution is 7.47. The number of phosphoric ester groups is 2. The lowest BCUT2D eigenvalue weighted by atomic mass is 10.0. The Bertz CT molecular complexity index is 1760. The summed E-state index contributed by atoms with van der Waals surface area (Å²) in [6, 6.07) is 0. The number of hydrogen-bond donors (Lipinski definition) is 3. The molecule has 0 saturated heterocycles. The first-order valence-electron chi connectivity index (χ1n) is 34.5. The van der Waals surface area contributed by atoms with Crippen LogP contribution >= 0.6 is 15.6 Å². The van der Waals surface area contributed by atoms with Crippen LogP contribution in [0.2, 0.25) is 0 Å². The second kappa shape index (κ2) is 60.1. The summed E-state index contributed by atoms with van der Waals surface area (Å²) in [5, 5.41) is 10.5. The minimum Gasteiger partial charge on any atom is -0.462 e. The van der Waals surface area contributed by atoms with E-state index in [2.05, 4.69) is 58.9 Å². The number of carbonyl (C=O) groups excluding carboxylic acids is 4. The van der Waals surface area contributed by atoms with Gasteiger partial charge >= 0.3 is 39.5 Å². The van der Waals surface area contributed by atoms with Crippen molar-refractivity contribution in [2.75, 3.05) is 39.6 Å². The van der Waals surface area contributed by atoms with E-state index in [9.17, 15) is 43.2 Å². The smallest absolute Gasteiger partial charge is 0.462 e. The van der Waals surface area contributed by atoms with Gasteiger partial charge in [-0.15, -0.1) is 0 Å². The zero-order chi connectivity index (χ0) is 63.5. The molecule has 5 atom stereocenters. The molecule has 0 amide bonds. The summed E-state index contributed by atoms with van der Waals surface area (Å²) in [5.41, 5.74) is 0. The summed E-state index contributed by atoms with van der Waals surface area (Å²) in [6.07, 6.45) is 48.1. The first-order chi connectivity index (χ1) is 41.5. The van der Waals surface area contributed by atoms with Crippen molar-refractivity contribution < 1.29 is 80.2 Å². The van der Waals surface area contributed by atoms with Crippen LogP contribution in [-0.2, 0) is 65.4 Å². The molecule has 0 aromatic rings. The Hall–Kier alpha value is -2.46. The number of unbranched alkanes of at least 4 members (excludes halogenated alkanes) is 34. The monoisotopic (exact) mass is 1260 g/mol. The average Bonchev–Trinajstić information content (AvgIpc) is 3.53. The lowest BCUT2D eigenvalue weighted by molar-refractivity contribution is -0.161. The Balaban J connectivity index is 5.25. The van der Waals surface area contributed by atoms with E-state index >= 15 is 0 Å². The molecule has 3 N–H and O–H groups in total. The third-order valence-corrected chi connectivity index (χ3v) is 16.8. The van der Waals surface area contributed by atoms with E-state index in [1.165, 1.54) is 116 Å². The maximum Gasteiger partial charge on any atom is 0.472 e. The molecule has 0 radical (unpaired) electrons. The summed E-state index contributed by atoms with van der Waals surface area (Å²) in [7, 11) is -9.90. The number of rotatable bonds is 65. The number of carbonyl (C=O) groups is 4. The number of aliphatic hydroxyl groups is 1. The van der Waals surface area contributed by atoms with Crippen LogP contribution in [0.4, 0.5) is 0 Å². The molecule has 17 nitrogen and oxygen atoms in total. The Labute approximate surface area is 522 Å². The second-order valence-electron chi connectivity index (χ2n) is 24.0. The van der Waals surface area contributed by atoms with Crippen LogP contribution in [0.5, 0.6) is 0 Å². The summed E-state index contributed by atoms with van der Waals surface area (Å²) in [6.45, 7) is 7.07. The normalized spacial score (nSPS) is 14.3. The summed E-state index contributed by atoms with van der Waals surface area (Å²) in [4.78, 5) is 72.2. The van der Waals surface area contributed by atoms with Crippen LogP contribution in [-0.4, -0.2) is 96.7 Å². The quantitative estimate of drug-likeness (QED) is 0.0169. The fourth-order valence-corrected chi connectivity index (χ4v) is 11.2. The van der Waals surface area contributed by atoms with Crippen molar-refractivity contribution >= 4 is 39.5 Å². The lowest BCUT2D eigenvalue weighted by Crippen LogP contribution is -2.30. The summed E-state index contributed by atoms with van der Waals surface area (Å²) >= 11 is 0. The van der Waals surface area contributed by atoms with E-state index in [0.29, 0.717) is 25.7 Å². The van der Waals surface area contributed by atoms with Gasteiger partial charge in [-0.1, -0.05) is 264 Å².